The second-order valence-electron chi connectivity index (χ2n) is 2.88. The fourth-order valence-electron chi connectivity index (χ4n) is 1.27. The largest absolute Gasteiger partial charge is 0.465 e. The normalized spacial score (nSPS) is 10.3. The van der Waals surface area contributed by atoms with Crippen molar-refractivity contribution in [2.24, 2.45) is 0 Å². The van der Waals surface area contributed by atoms with Crippen LogP contribution in [0.25, 0.3) is 0 Å². The summed E-state index contributed by atoms with van der Waals surface area (Å²) in [5.74, 6) is -0.453. The second kappa shape index (κ2) is 5.47. The lowest BCUT2D eigenvalue weighted by atomic mass is 10.2. The zero-order valence-corrected chi connectivity index (χ0v) is 8.77. The highest BCUT2D eigenvalue weighted by molar-refractivity contribution is 5.90. The van der Waals surface area contributed by atoms with Crippen molar-refractivity contribution in [2.75, 3.05) is 20.8 Å². The third-order valence-corrected chi connectivity index (χ3v) is 1.95. The quantitative estimate of drug-likeness (QED) is 0.687. The molecule has 0 fully saturated rings. The van der Waals surface area contributed by atoms with Crippen LogP contribution in [-0.2, 0) is 22.6 Å². The Morgan fingerprint density at radius 2 is 2.33 bits per heavy atom. The van der Waals surface area contributed by atoms with Crippen LogP contribution in [0.2, 0.25) is 0 Å². The van der Waals surface area contributed by atoms with Gasteiger partial charge in [-0.15, -0.1) is 0 Å². The number of ether oxygens (including phenoxy) is 2. The molecule has 0 saturated heterocycles. The Labute approximate surface area is 87.4 Å². The highest BCUT2D eigenvalue weighted by Gasteiger charge is 2.17. The Bertz CT molecular complexity index is 335. The van der Waals surface area contributed by atoms with Gasteiger partial charge in [-0.2, -0.15) is 5.10 Å². The summed E-state index contributed by atoms with van der Waals surface area (Å²) in [4.78, 5) is 11.3. The Balaban J connectivity index is 2.99. The summed E-state index contributed by atoms with van der Waals surface area (Å²) in [6.07, 6.45) is 1.41. The smallest absolute Gasteiger partial charge is 0.341 e. The molecule has 0 atom stereocenters. The van der Waals surface area contributed by atoms with Crippen LogP contribution in [0.4, 0.5) is 0 Å². The number of esters is 1. The molecule has 0 saturated carbocycles. The molecule has 0 bridgehead atoms. The molecule has 0 unspecified atom stereocenters. The van der Waals surface area contributed by atoms with Crippen molar-refractivity contribution in [1.29, 1.82) is 0 Å². The third-order valence-electron chi connectivity index (χ3n) is 1.95. The highest BCUT2D eigenvalue weighted by Crippen LogP contribution is 2.11. The van der Waals surface area contributed by atoms with Gasteiger partial charge in [0.2, 0.25) is 0 Å². The highest BCUT2D eigenvalue weighted by atomic mass is 16.5. The molecular weight excluding hydrogens is 200 g/mol. The van der Waals surface area contributed by atoms with Crippen LogP contribution in [0, 0.1) is 0 Å². The van der Waals surface area contributed by atoms with E-state index in [0.717, 1.165) is 0 Å². The lowest BCUT2D eigenvalue weighted by Crippen LogP contribution is -2.12. The summed E-state index contributed by atoms with van der Waals surface area (Å²) < 4.78 is 11.1. The molecule has 0 aliphatic rings. The minimum Gasteiger partial charge on any atom is -0.465 e. The molecule has 0 spiro atoms. The number of nitrogens with zero attached hydrogens (tertiary/aromatic N) is 2. The Morgan fingerprint density at radius 1 is 1.60 bits per heavy atom. The predicted octanol–water partition coefficient (Wildman–Crippen LogP) is -0.192. The molecule has 1 aromatic rings. The Kier molecular flexibility index (Phi) is 4.26. The van der Waals surface area contributed by atoms with E-state index in [1.165, 1.54) is 25.1 Å². The number of aromatic nitrogens is 2. The van der Waals surface area contributed by atoms with Crippen molar-refractivity contribution >= 4 is 5.97 Å². The lowest BCUT2D eigenvalue weighted by Gasteiger charge is -2.06. The van der Waals surface area contributed by atoms with Crippen molar-refractivity contribution in [3.8, 4) is 0 Å². The van der Waals surface area contributed by atoms with Crippen molar-refractivity contribution in [3.63, 3.8) is 0 Å². The first kappa shape index (κ1) is 11.7. The summed E-state index contributed by atoms with van der Waals surface area (Å²) in [7, 11) is 2.83. The van der Waals surface area contributed by atoms with Gasteiger partial charge >= 0.3 is 5.97 Å². The summed E-state index contributed by atoms with van der Waals surface area (Å²) >= 11 is 0. The van der Waals surface area contributed by atoms with Gasteiger partial charge in [0.15, 0.2) is 0 Å². The van der Waals surface area contributed by atoms with Gasteiger partial charge in [0.05, 0.1) is 38.8 Å². The molecule has 1 aromatic heterocycles. The number of hydrogen-bond acceptors (Lipinski definition) is 5. The molecule has 0 aromatic carbocycles. The first-order chi connectivity index (χ1) is 7.24. The third kappa shape index (κ3) is 2.54. The summed E-state index contributed by atoms with van der Waals surface area (Å²) in [6.45, 7) is 0.541. The molecule has 15 heavy (non-hydrogen) atoms. The topological polar surface area (TPSA) is 73.6 Å². The molecular formula is C9H14N2O4. The lowest BCUT2D eigenvalue weighted by molar-refractivity contribution is 0.0595. The molecule has 6 heteroatoms. The first-order valence-electron chi connectivity index (χ1n) is 4.47. The standard InChI is InChI=1S/C9H14N2O4/c1-14-6-8-7(9(13)15-2)5-10-11(8)3-4-12/h5,12H,3-4,6H2,1-2H3. The van der Waals surface area contributed by atoms with Gasteiger partial charge < -0.3 is 14.6 Å². The molecule has 1 heterocycles. The van der Waals surface area contributed by atoms with Crippen LogP contribution >= 0.6 is 0 Å². The average Bonchev–Trinajstić information content (AvgIpc) is 2.62. The number of rotatable bonds is 5. The summed E-state index contributed by atoms with van der Waals surface area (Å²) in [6, 6.07) is 0. The van der Waals surface area contributed by atoms with E-state index < -0.39 is 5.97 Å². The van der Waals surface area contributed by atoms with Crippen LogP contribution in [0.5, 0.6) is 0 Å². The number of carbonyl (C=O) groups is 1. The van der Waals surface area contributed by atoms with E-state index in [-0.39, 0.29) is 13.2 Å². The first-order valence-corrected chi connectivity index (χ1v) is 4.47. The van der Waals surface area contributed by atoms with Crippen LogP contribution in [-0.4, -0.2) is 41.7 Å². The van der Waals surface area contributed by atoms with E-state index in [1.807, 2.05) is 0 Å². The Hall–Kier alpha value is -1.40. The SMILES string of the molecule is COCc1c(C(=O)OC)cnn1CCO. The van der Waals surface area contributed by atoms with E-state index in [0.29, 0.717) is 17.8 Å². The minimum absolute atomic E-state index is 0.0427. The van der Waals surface area contributed by atoms with E-state index in [9.17, 15) is 4.79 Å². The van der Waals surface area contributed by atoms with Crippen molar-refractivity contribution < 1.29 is 19.4 Å². The molecule has 84 valence electrons. The van der Waals surface area contributed by atoms with E-state index in [4.69, 9.17) is 9.84 Å². The number of carbonyl (C=O) groups excluding carboxylic acids is 1. The molecule has 6 nitrogen and oxygen atoms in total. The zero-order valence-electron chi connectivity index (χ0n) is 8.77. The maximum Gasteiger partial charge on any atom is 0.341 e. The molecule has 1 rings (SSSR count). The van der Waals surface area contributed by atoms with Gasteiger partial charge in [-0.05, 0) is 0 Å². The maximum atomic E-state index is 11.3. The van der Waals surface area contributed by atoms with Crippen LogP contribution in [0.3, 0.4) is 0 Å². The van der Waals surface area contributed by atoms with Crippen molar-refractivity contribution in [3.05, 3.63) is 17.5 Å². The van der Waals surface area contributed by atoms with Gasteiger partial charge in [0.1, 0.15) is 5.56 Å². The maximum absolute atomic E-state index is 11.3. The zero-order chi connectivity index (χ0) is 11.3. The number of aliphatic hydroxyl groups is 1. The molecule has 1 N–H and O–H groups in total. The molecule has 0 aliphatic heterocycles. The monoisotopic (exact) mass is 214 g/mol. The molecule has 0 amide bonds. The summed E-state index contributed by atoms with van der Waals surface area (Å²) in [5, 5.41) is 12.8. The number of methoxy groups -OCH3 is 2. The number of aliphatic hydroxyl groups excluding tert-OH is 1. The second-order valence-corrected chi connectivity index (χ2v) is 2.88. The fraction of sp³-hybridized carbons (Fsp3) is 0.556. The van der Waals surface area contributed by atoms with Crippen LogP contribution < -0.4 is 0 Å². The fourth-order valence-corrected chi connectivity index (χ4v) is 1.27. The average molecular weight is 214 g/mol. The van der Waals surface area contributed by atoms with E-state index >= 15 is 0 Å². The van der Waals surface area contributed by atoms with Crippen LogP contribution in [0.1, 0.15) is 16.1 Å². The Morgan fingerprint density at radius 3 is 2.87 bits per heavy atom. The van der Waals surface area contributed by atoms with Crippen molar-refractivity contribution in [1.82, 2.24) is 9.78 Å². The van der Waals surface area contributed by atoms with Gasteiger partial charge in [0, 0.05) is 7.11 Å². The van der Waals surface area contributed by atoms with Gasteiger partial charge in [-0.1, -0.05) is 0 Å². The van der Waals surface area contributed by atoms with Crippen LogP contribution in [0.15, 0.2) is 6.20 Å². The minimum atomic E-state index is -0.453. The molecule has 0 aliphatic carbocycles. The van der Waals surface area contributed by atoms with E-state index in [2.05, 4.69) is 9.84 Å². The number of hydrogen-bond donors (Lipinski definition) is 1. The summed E-state index contributed by atoms with van der Waals surface area (Å²) in [5.41, 5.74) is 0.978. The van der Waals surface area contributed by atoms with Gasteiger partial charge in [0.25, 0.3) is 0 Å². The molecule has 0 radical (unpaired) electrons. The van der Waals surface area contributed by atoms with Gasteiger partial charge in [-0.25, -0.2) is 4.79 Å². The predicted molar refractivity (Wildman–Crippen MR) is 51.4 cm³/mol. The van der Waals surface area contributed by atoms with Crippen molar-refractivity contribution in [2.45, 2.75) is 13.2 Å². The van der Waals surface area contributed by atoms with E-state index in [1.54, 1.807) is 0 Å². The van der Waals surface area contributed by atoms with Gasteiger partial charge in [-0.3, -0.25) is 4.68 Å².